The van der Waals surface area contributed by atoms with Gasteiger partial charge in [0.05, 0.1) is 0 Å². The Bertz CT molecular complexity index is 756. The highest BCUT2D eigenvalue weighted by molar-refractivity contribution is 9.10. The molecule has 0 aliphatic heterocycles. The van der Waals surface area contributed by atoms with Crippen molar-refractivity contribution in [3.63, 3.8) is 0 Å². The van der Waals surface area contributed by atoms with Gasteiger partial charge in [-0.05, 0) is 24.1 Å². The summed E-state index contributed by atoms with van der Waals surface area (Å²) < 4.78 is 6.16. The van der Waals surface area contributed by atoms with Crippen LogP contribution in [0.1, 0.15) is 23.1 Å². The van der Waals surface area contributed by atoms with Gasteiger partial charge >= 0.3 is 0 Å². The third-order valence-corrected chi connectivity index (χ3v) is 4.08. The van der Waals surface area contributed by atoms with Gasteiger partial charge in [0.1, 0.15) is 0 Å². The van der Waals surface area contributed by atoms with Crippen LogP contribution in [-0.4, -0.2) is 15.2 Å². The molecule has 106 valence electrons. The molecule has 0 radical (unpaired) electrons. The van der Waals surface area contributed by atoms with Crippen LogP contribution in [0.2, 0.25) is 0 Å². The summed E-state index contributed by atoms with van der Waals surface area (Å²) in [6.07, 6.45) is -0.915. The Morgan fingerprint density at radius 3 is 2.62 bits per heavy atom. The van der Waals surface area contributed by atoms with E-state index in [1.54, 1.807) is 0 Å². The molecule has 0 amide bonds. The topological polar surface area (TPSA) is 59.2 Å². The van der Waals surface area contributed by atoms with Crippen LogP contribution in [0.3, 0.4) is 0 Å². The lowest BCUT2D eigenvalue weighted by atomic mass is 10.1. The Kier molecular flexibility index (Phi) is 3.86. The van der Waals surface area contributed by atoms with Crippen molar-refractivity contribution in [3.8, 4) is 11.4 Å². The van der Waals surface area contributed by atoms with E-state index in [1.807, 2.05) is 55.5 Å². The third-order valence-electron chi connectivity index (χ3n) is 3.22. The van der Waals surface area contributed by atoms with Gasteiger partial charge in [-0.1, -0.05) is 63.6 Å². The molecule has 0 aliphatic rings. The number of nitrogens with zero attached hydrogens (tertiary/aromatic N) is 2. The van der Waals surface area contributed by atoms with Crippen molar-refractivity contribution in [1.82, 2.24) is 10.1 Å². The van der Waals surface area contributed by atoms with Crippen LogP contribution in [0.25, 0.3) is 11.4 Å². The molecule has 0 saturated carbocycles. The van der Waals surface area contributed by atoms with Gasteiger partial charge in [-0.25, -0.2) is 0 Å². The lowest BCUT2D eigenvalue weighted by Gasteiger charge is -2.04. The fourth-order valence-electron chi connectivity index (χ4n) is 1.97. The molecule has 21 heavy (non-hydrogen) atoms. The first-order valence-corrected chi connectivity index (χ1v) is 7.27. The van der Waals surface area contributed by atoms with E-state index in [2.05, 4.69) is 26.1 Å². The highest BCUT2D eigenvalue weighted by atomic mass is 79.9. The first kappa shape index (κ1) is 14.0. The molecule has 1 N–H and O–H groups in total. The van der Waals surface area contributed by atoms with Gasteiger partial charge in [-0.2, -0.15) is 4.98 Å². The summed E-state index contributed by atoms with van der Waals surface area (Å²) in [4.78, 5) is 4.28. The van der Waals surface area contributed by atoms with Gasteiger partial charge in [0, 0.05) is 10.0 Å². The molecule has 4 nitrogen and oxygen atoms in total. The number of hydrogen-bond donors (Lipinski definition) is 1. The first-order chi connectivity index (χ1) is 10.1. The second kappa shape index (κ2) is 5.79. The lowest BCUT2D eigenvalue weighted by molar-refractivity contribution is 0.170. The van der Waals surface area contributed by atoms with Gasteiger partial charge in [0.2, 0.25) is 5.82 Å². The largest absolute Gasteiger partial charge is 0.378 e. The van der Waals surface area contributed by atoms with E-state index < -0.39 is 6.10 Å². The van der Waals surface area contributed by atoms with E-state index in [-0.39, 0.29) is 5.89 Å². The summed E-state index contributed by atoms with van der Waals surface area (Å²) >= 11 is 3.48. The normalized spacial score (nSPS) is 12.3. The fraction of sp³-hybridized carbons (Fsp3) is 0.125. The Morgan fingerprint density at radius 1 is 1.14 bits per heavy atom. The number of halogens is 1. The van der Waals surface area contributed by atoms with E-state index in [0.29, 0.717) is 5.82 Å². The van der Waals surface area contributed by atoms with E-state index >= 15 is 0 Å². The zero-order valence-electron chi connectivity index (χ0n) is 11.3. The third kappa shape index (κ3) is 2.89. The minimum Gasteiger partial charge on any atom is -0.378 e. The number of aliphatic hydroxyl groups excluding tert-OH is 1. The second-order valence-electron chi connectivity index (χ2n) is 4.73. The average molecular weight is 345 g/mol. The van der Waals surface area contributed by atoms with Crippen LogP contribution in [0.4, 0.5) is 0 Å². The summed E-state index contributed by atoms with van der Waals surface area (Å²) in [5.74, 6) is 0.647. The van der Waals surface area contributed by atoms with Crippen molar-refractivity contribution in [2.45, 2.75) is 13.0 Å². The second-order valence-corrected chi connectivity index (χ2v) is 5.59. The maximum absolute atomic E-state index is 10.2. The Morgan fingerprint density at radius 2 is 1.90 bits per heavy atom. The van der Waals surface area contributed by atoms with Crippen molar-refractivity contribution in [2.24, 2.45) is 0 Å². The molecule has 0 aliphatic carbocycles. The maximum atomic E-state index is 10.2. The average Bonchev–Trinajstić information content (AvgIpc) is 3.00. The molecule has 2 aromatic carbocycles. The van der Waals surface area contributed by atoms with Crippen LogP contribution < -0.4 is 0 Å². The predicted molar refractivity (Wildman–Crippen MR) is 82.7 cm³/mol. The van der Waals surface area contributed by atoms with Gasteiger partial charge in [0.15, 0.2) is 6.10 Å². The van der Waals surface area contributed by atoms with E-state index in [9.17, 15) is 5.11 Å². The Hall–Kier alpha value is -1.98. The molecule has 1 unspecified atom stereocenters. The molecule has 0 saturated heterocycles. The highest BCUT2D eigenvalue weighted by Gasteiger charge is 2.18. The monoisotopic (exact) mass is 344 g/mol. The molecule has 3 rings (SSSR count). The van der Waals surface area contributed by atoms with Crippen molar-refractivity contribution in [2.75, 3.05) is 0 Å². The van der Waals surface area contributed by atoms with Crippen molar-refractivity contribution >= 4 is 15.9 Å². The fourth-order valence-corrected chi connectivity index (χ4v) is 2.35. The van der Waals surface area contributed by atoms with Gasteiger partial charge in [0.25, 0.3) is 5.89 Å². The van der Waals surface area contributed by atoms with Crippen LogP contribution in [-0.2, 0) is 0 Å². The molecular formula is C16H13BrN2O2. The van der Waals surface area contributed by atoms with E-state index in [1.165, 1.54) is 0 Å². The van der Waals surface area contributed by atoms with Gasteiger partial charge < -0.3 is 9.63 Å². The molecule has 0 fully saturated rings. The van der Waals surface area contributed by atoms with Crippen LogP contribution in [0.5, 0.6) is 0 Å². The van der Waals surface area contributed by atoms with E-state index in [4.69, 9.17) is 4.52 Å². The smallest absolute Gasteiger partial charge is 0.260 e. The lowest BCUT2D eigenvalue weighted by Crippen LogP contribution is -1.99. The SMILES string of the molecule is Cc1ccc(-c2noc(C(O)c3ccccc3)n2)cc1Br. The number of aryl methyl sites for hydroxylation is 1. The number of hydrogen-bond acceptors (Lipinski definition) is 4. The molecule has 5 heteroatoms. The summed E-state index contributed by atoms with van der Waals surface area (Å²) in [6, 6.07) is 15.1. The number of aromatic nitrogens is 2. The van der Waals surface area contributed by atoms with Crippen molar-refractivity contribution in [1.29, 1.82) is 0 Å². The number of benzene rings is 2. The quantitative estimate of drug-likeness (QED) is 0.782. The minimum atomic E-state index is -0.915. The zero-order valence-corrected chi connectivity index (χ0v) is 12.9. The van der Waals surface area contributed by atoms with Crippen LogP contribution in [0.15, 0.2) is 57.5 Å². The molecule has 1 aromatic heterocycles. The minimum absolute atomic E-state index is 0.188. The highest BCUT2D eigenvalue weighted by Crippen LogP contribution is 2.26. The summed E-state index contributed by atoms with van der Waals surface area (Å²) in [5, 5.41) is 14.2. The van der Waals surface area contributed by atoms with Crippen LogP contribution in [0, 0.1) is 6.92 Å². The molecule has 1 atom stereocenters. The van der Waals surface area contributed by atoms with Gasteiger partial charge in [-0.15, -0.1) is 0 Å². The van der Waals surface area contributed by atoms with Crippen LogP contribution >= 0.6 is 15.9 Å². The molecular weight excluding hydrogens is 332 g/mol. The summed E-state index contributed by atoms with van der Waals surface area (Å²) in [5.41, 5.74) is 2.69. The standard InChI is InChI=1S/C16H13BrN2O2/c1-10-7-8-12(9-13(10)17)15-18-16(21-19-15)14(20)11-5-3-2-4-6-11/h2-9,14,20H,1H3. The molecule has 1 heterocycles. The maximum Gasteiger partial charge on any atom is 0.260 e. The number of aliphatic hydroxyl groups is 1. The molecule has 0 bridgehead atoms. The van der Waals surface area contributed by atoms with Crippen molar-refractivity contribution in [3.05, 3.63) is 70.0 Å². The zero-order chi connectivity index (χ0) is 14.8. The number of rotatable bonds is 3. The Balaban J connectivity index is 1.91. The molecule has 3 aromatic rings. The predicted octanol–water partition coefficient (Wildman–Crippen LogP) is 3.89. The first-order valence-electron chi connectivity index (χ1n) is 6.48. The Labute approximate surface area is 130 Å². The van der Waals surface area contributed by atoms with Gasteiger partial charge in [-0.3, -0.25) is 0 Å². The van der Waals surface area contributed by atoms with E-state index in [0.717, 1.165) is 21.2 Å². The summed E-state index contributed by atoms with van der Waals surface area (Å²) in [6.45, 7) is 2.01. The molecule has 0 spiro atoms. The summed E-state index contributed by atoms with van der Waals surface area (Å²) in [7, 11) is 0. The van der Waals surface area contributed by atoms with Crippen molar-refractivity contribution < 1.29 is 9.63 Å².